The monoisotopic (exact) mass is 389 g/mol. The van der Waals surface area contributed by atoms with Crippen molar-refractivity contribution >= 4 is 16.7 Å². The van der Waals surface area contributed by atoms with Crippen LogP contribution in [0.15, 0.2) is 67.0 Å². The molecule has 1 atom stereocenters. The molecule has 4 rings (SSSR count). The molecule has 6 heteroatoms. The maximum absolute atomic E-state index is 15.2. The van der Waals surface area contributed by atoms with Crippen molar-refractivity contribution in [3.63, 3.8) is 0 Å². The second kappa shape index (κ2) is 7.75. The second-order valence-electron chi connectivity index (χ2n) is 6.74. The van der Waals surface area contributed by atoms with Crippen molar-refractivity contribution in [2.45, 2.75) is 13.0 Å². The van der Waals surface area contributed by atoms with Crippen LogP contribution in [-0.4, -0.2) is 22.2 Å². The first-order chi connectivity index (χ1) is 14.1. The van der Waals surface area contributed by atoms with E-state index < -0.39 is 11.9 Å². The smallest absolute Gasteiger partial charge is 0.170 e. The summed E-state index contributed by atoms with van der Waals surface area (Å²) in [5, 5.41) is 15.0. The van der Waals surface area contributed by atoms with Gasteiger partial charge in [0.2, 0.25) is 0 Å². The van der Waals surface area contributed by atoms with Crippen LogP contribution in [0.4, 0.5) is 10.2 Å². The number of hydrogen-bond donors (Lipinski definition) is 2. The summed E-state index contributed by atoms with van der Waals surface area (Å²) < 4.78 is 20.3. The highest BCUT2D eigenvalue weighted by Crippen LogP contribution is 2.38. The molecule has 0 radical (unpaired) electrons. The van der Waals surface area contributed by atoms with Gasteiger partial charge in [0, 0.05) is 28.9 Å². The molecule has 1 unspecified atom stereocenters. The number of aromatic hydroxyl groups is 1. The molecule has 0 aliphatic rings. The number of methoxy groups -OCH3 is 1. The number of anilines is 1. The van der Waals surface area contributed by atoms with Crippen LogP contribution in [0, 0.1) is 12.7 Å². The lowest BCUT2D eigenvalue weighted by Crippen LogP contribution is -2.16. The zero-order chi connectivity index (χ0) is 20.4. The van der Waals surface area contributed by atoms with E-state index in [4.69, 9.17) is 4.74 Å². The Bertz CT molecular complexity index is 1180. The van der Waals surface area contributed by atoms with E-state index in [0.717, 1.165) is 10.9 Å². The van der Waals surface area contributed by atoms with Crippen LogP contribution in [0.1, 0.15) is 22.7 Å². The highest BCUT2D eigenvalue weighted by atomic mass is 19.1. The lowest BCUT2D eigenvalue weighted by Gasteiger charge is -2.23. The Hall–Kier alpha value is -3.67. The maximum Gasteiger partial charge on any atom is 0.170 e. The molecule has 0 saturated heterocycles. The normalized spacial score (nSPS) is 12.0. The first-order valence-corrected chi connectivity index (χ1v) is 9.16. The fourth-order valence-electron chi connectivity index (χ4n) is 3.37. The lowest BCUT2D eigenvalue weighted by molar-refractivity contribution is 0.383. The van der Waals surface area contributed by atoms with Crippen LogP contribution in [0.3, 0.4) is 0 Å². The number of ether oxygens (including phenoxy) is 1. The number of phenolic OH excluding ortho intramolecular Hbond substituents is 1. The third-order valence-corrected chi connectivity index (χ3v) is 4.82. The molecule has 0 spiro atoms. The van der Waals surface area contributed by atoms with Gasteiger partial charge in [-0.2, -0.15) is 0 Å². The molecule has 0 amide bonds. The third kappa shape index (κ3) is 3.57. The average Bonchev–Trinajstić information content (AvgIpc) is 2.73. The van der Waals surface area contributed by atoms with Gasteiger partial charge >= 0.3 is 0 Å². The number of halogens is 1. The van der Waals surface area contributed by atoms with Gasteiger partial charge in [0.25, 0.3) is 0 Å². The molecule has 29 heavy (non-hydrogen) atoms. The van der Waals surface area contributed by atoms with Crippen LogP contribution in [-0.2, 0) is 0 Å². The Labute approximate surface area is 167 Å². The molecule has 2 aromatic carbocycles. The van der Waals surface area contributed by atoms with E-state index in [1.807, 2.05) is 31.2 Å². The highest BCUT2D eigenvalue weighted by Gasteiger charge is 2.24. The van der Waals surface area contributed by atoms with Crippen LogP contribution in [0.5, 0.6) is 11.5 Å². The lowest BCUT2D eigenvalue weighted by atomic mass is 9.95. The predicted octanol–water partition coefficient (Wildman–Crippen LogP) is 4.99. The molecule has 2 N–H and O–H groups in total. The van der Waals surface area contributed by atoms with Crippen molar-refractivity contribution in [2.75, 3.05) is 12.4 Å². The number of rotatable bonds is 5. The summed E-state index contributed by atoms with van der Waals surface area (Å²) in [7, 11) is 1.42. The molecule has 2 aromatic heterocycles. The first-order valence-electron chi connectivity index (χ1n) is 9.16. The quantitative estimate of drug-likeness (QED) is 0.503. The Morgan fingerprint density at radius 2 is 1.86 bits per heavy atom. The molecule has 146 valence electrons. The van der Waals surface area contributed by atoms with Crippen LogP contribution >= 0.6 is 0 Å². The van der Waals surface area contributed by atoms with Gasteiger partial charge in [-0.1, -0.05) is 30.3 Å². The zero-order valence-corrected chi connectivity index (χ0v) is 16.1. The minimum Gasteiger partial charge on any atom is -0.505 e. The van der Waals surface area contributed by atoms with Crippen LogP contribution < -0.4 is 10.1 Å². The molecule has 5 nitrogen and oxygen atoms in total. The zero-order valence-electron chi connectivity index (χ0n) is 16.1. The molecule has 0 aliphatic heterocycles. The van der Waals surface area contributed by atoms with Gasteiger partial charge in [-0.25, -0.2) is 9.37 Å². The van der Waals surface area contributed by atoms with Gasteiger partial charge < -0.3 is 15.2 Å². The summed E-state index contributed by atoms with van der Waals surface area (Å²) >= 11 is 0. The Balaban J connectivity index is 1.90. The fraction of sp³-hybridized carbons (Fsp3) is 0.130. The Morgan fingerprint density at radius 3 is 2.66 bits per heavy atom. The van der Waals surface area contributed by atoms with Crippen molar-refractivity contribution in [1.82, 2.24) is 9.97 Å². The summed E-state index contributed by atoms with van der Waals surface area (Å²) in [6.07, 6.45) is 3.29. The van der Waals surface area contributed by atoms with Crippen molar-refractivity contribution in [1.29, 1.82) is 0 Å². The summed E-state index contributed by atoms with van der Waals surface area (Å²) in [6, 6.07) is 15.3. The van der Waals surface area contributed by atoms with Gasteiger partial charge in [0.15, 0.2) is 11.6 Å². The van der Waals surface area contributed by atoms with Crippen LogP contribution in [0.25, 0.3) is 10.9 Å². The maximum atomic E-state index is 15.2. The summed E-state index contributed by atoms with van der Waals surface area (Å²) in [5.74, 6) is 0.193. The van der Waals surface area contributed by atoms with Gasteiger partial charge in [0.1, 0.15) is 17.1 Å². The fourth-order valence-corrected chi connectivity index (χ4v) is 3.37. The van der Waals surface area contributed by atoms with Gasteiger partial charge in [0.05, 0.1) is 13.2 Å². The molecule has 0 fully saturated rings. The van der Waals surface area contributed by atoms with Gasteiger partial charge in [-0.05, 0) is 36.8 Å². The second-order valence-corrected chi connectivity index (χ2v) is 6.74. The van der Waals surface area contributed by atoms with E-state index in [2.05, 4.69) is 15.3 Å². The molecule has 2 heterocycles. The van der Waals surface area contributed by atoms with E-state index in [0.29, 0.717) is 22.5 Å². The number of aryl methyl sites for hydroxylation is 1. The molecule has 0 bridgehead atoms. The van der Waals surface area contributed by atoms with E-state index in [1.165, 1.54) is 7.11 Å². The van der Waals surface area contributed by atoms with Gasteiger partial charge in [-0.3, -0.25) is 4.98 Å². The standard InChI is InChI=1S/C23H20FN3O2/c1-14-10-12-25-19(13-14)27-22(16-6-3-7-18(29-2)20(16)24)17-9-8-15-5-4-11-26-21(15)23(17)28/h3-13,22,28H,1-2H3,(H,25,27). The summed E-state index contributed by atoms with van der Waals surface area (Å²) in [5.41, 5.74) is 2.29. The highest BCUT2D eigenvalue weighted by molar-refractivity contribution is 5.86. The number of nitrogens with one attached hydrogen (secondary N) is 1. The number of nitrogens with zero attached hydrogens (tertiary/aromatic N) is 2. The minimum atomic E-state index is -0.703. The Kier molecular flexibility index (Phi) is 4.99. The minimum absolute atomic E-state index is 0.00419. The van der Waals surface area contributed by atoms with Crippen molar-refractivity contribution in [3.8, 4) is 11.5 Å². The molecule has 4 aromatic rings. The van der Waals surface area contributed by atoms with Crippen molar-refractivity contribution < 1.29 is 14.2 Å². The SMILES string of the molecule is COc1cccc(C(Nc2cc(C)ccn2)c2ccc3cccnc3c2O)c1F. The summed E-state index contributed by atoms with van der Waals surface area (Å²) in [4.78, 5) is 8.62. The third-order valence-electron chi connectivity index (χ3n) is 4.82. The molecular weight excluding hydrogens is 369 g/mol. The number of pyridine rings is 2. The molecular formula is C23H20FN3O2. The Morgan fingerprint density at radius 1 is 1.00 bits per heavy atom. The van der Waals surface area contributed by atoms with E-state index in [9.17, 15) is 5.11 Å². The molecule has 0 saturated carbocycles. The first kappa shape index (κ1) is 18.7. The number of hydrogen-bond acceptors (Lipinski definition) is 5. The summed E-state index contributed by atoms with van der Waals surface area (Å²) in [6.45, 7) is 1.95. The average molecular weight is 389 g/mol. The van der Waals surface area contributed by atoms with Crippen molar-refractivity contribution in [2.24, 2.45) is 0 Å². The number of phenols is 1. The predicted molar refractivity (Wildman–Crippen MR) is 111 cm³/mol. The number of fused-ring (bicyclic) bond motifs is 1. The van der Waals surface area contributed by atoms with Crippen LogP contribution in [0.2, 0.25) is 0 Å². The van der Waals surface area contributed by atoms with E-state index in [-0.39, 0.29) is 11.5 Å². The number of aromatic nitrogens is 2. The van der Waals surface area contributed by atoms with E-state index in [1.54, 1.807) is 42.7 Å². The van der Waals surface area contributed by atoms with E-state index >= 15 is 4.39 Å². The van der Waals surface area contributed by atoms with Gasteiger partial charge in [-0.15, -0.1) is 0 Å². The number of benzene rings is 2. The van der Waals surface area contributed by atoms with Crippen molar-refractivity contribution in [3.05, 3.63) is 89.5 Å². The molecule has 0 aliphatic carbocycles. The largest absolute Gasteiger partial charge is 0.505 e. The topological polar surface area (TPSA) is 67.3 Å².